The van der Waals surface area contributed by atoms with Gasteiger partial charge in [0.25, 0.3) is 5.91 Å². The number of nitrogens with zero attached hydrogens (tertiary/aromatic N) is 3. The van der Waals surface area contributed by atoms with Gasteiger partial charge in [-0.3, -0.25) is 9.48 Å². The van der Waals surface area contributed by atoms with Crippen molar-refractivity contribution in [1.29, 1.82) is 0 Å². The van der Waals surface area contributed by atoms with Crippen LogP contribution >= 0.6 is 22.9 Å². The maximum atomic E-state index is 12.8. The van der Waals surface area contributed by atoms with Crippen LogP contribution in [0.3, 0.4) is 0 Å². The van der Waals surface area contributed by atoms with E-state index >= 15 is 0 Å². The number of hydrogen-bond donors (Lipinski definition) is 1. The molecule has 1 aliphatic carbocycles. The molecule has 25 heavy (non-hydrogen) atoms. The van der Waals surface area contributed by atoms with Gasteiger partial charge >= 0.3 is 0 Å². The molecule has 7 heteroatoms. The Labute approximate surface area is 155 Å². The van der Waals surface area contributed by atoms with Crippen molar-refractivity contribution in [1.82, 2.24) is 20.1 Å². The van der Waals surface area contributed by atoms with Gasteiger partial charge in [0.2, 0.25) is 0 Å². The second-order valence-corrected chi connectivity index (χ2v) is 8.06. The summed E-state index contributed by atoms with van der Waals surface area (Å²) in [6.07, 6.45) is 6.12. The fraction of sp³-hybridized carbons (Fsp3) is 0.389. The zero-order chi connectivity index (χ0) is 17.7. The fourth-order valence-corrected chi connectivity index (χ4v) is 4.41. The van der Waals surface area contributed by atoms with Gasteiger partial charge in [0.1, 0.15) is 9.71 Å². The van der Waals surface area contributed by atoms with E-state index in [0.29, 0.717) is 15.8 Å². The molecule has 1 aliphatic rings. The largest absolute Gasteiger partial charge is 0.351 e. The molecule has 0 spiro atoms. The minimum atomic E-state index is -0.0399. The molecule has 4 rings (SSSR count). The molecule has 0 unspecified atom stereocenters. The average molecular weight is 375 g/mol. The van der Waals surface area contributed by atoms with E-state index < -0.39 is 0 Å². The van der Waals surface area contributed by atoms with Crippen molar-refractivity contribution in [3.05, 3.63) is 33.6 Å². The Kier molecular flexibility index (Phi) is 4.04. The van der Waals surface area contributed by atoms with Crippen LogP contribution in [0, 0.1) is 19.8 Å². The van der Waals surface area contributed by atoms with Gasteiger partial charge in [-0.25, -0.2) is 4.98 Å². The Balaban J connectivity index is 1.91. The summed E-state index contributed by atoms with van der Waals surface area (Å²) in [5.74, 6) is 0.596. The van der Waals surface area contributed by atoms with E-state index in [0.717, 1.165) is 39.1 Å². The first kappa shape index (κ1) is 16.5. The average Bonchev–Trinajstić information content (AvgIpc) is 3.20. The van der Waals surface area contributed by atoms with Crippen LogP contribution in [0.25, 0.3) is 21.3 Å². The molecular weight excluding hydrogens is 356 g/mol. The molecule has 1 N–H and O–H groups in total. The molecule has 0 saturated heterocycles. The second-order valence-electron chi connectivity index (χ2n) is 6.68. The quantitative estimate of drug-likeness (QED) is 0.747. The van der Waals surface area contributed by atoms with Gasteiger partial charge in [-0.05, 0) is 38.2 Å². The molecule has 3 heterocycles. The first-order chi connectivity index (χ1) is 12.0. The molecule has 1 amide bonds. The lowest BCUT2D eigenvalue weighted by atomic mass is 10.0. The number of rotatable bonds is 4. The maximum Gasteiger partial charge on any atom is 0.262 e. The number of halogens is 1. The minimum absolute atomic E-state index is 0.0399. The van der Waals surface area contributed by atoms with Gasteiger partial charge in [-0.15, -0.1) is 11.3 Å². The predicted molar refractivity (Wildman–Crippen MR) is 101 cm³/mol. The Morgan fingerprint density at radius 3 is 2.84 bits per heavy atom. The van der Waals surface area contributed by atoms with E-state index in [1.165, 1.54) is 24.2 Å². The van der Waals surface area contributed by atoms with Crippen molar-refractivity contribution in [2.75, 3.05) is 6.54 Å². The summed E-state index contributed by atoms with van der Waals surface area (Å²) in [6, 6.07) is 0. The van der Waals surface area contributed by atoms with Crippen molar-refractivity contribution in [3.8, 4) is 11.1 Å². The lowest BCUT2D eigenvalue weighted by molar-refractivity contribution is 0.0956. The van der Waals surface area contributed by atoms with Gasteiger partial charge in [-0.1, -0.05) is 11.6 Å². The Hall–Kier alpha value is -1.92. The molecule has 130 valence electrons. The lowest BCUT2D eigenvalue weighted by Gasteiger charge is -2.07. The molecule has 0 radical (unpaired) electrons. The molecule has 0 aliphatic heterocycles. The molecule has 3 aromatic heterocycles. The Bertz CT molecular complexity index is 987. The Morgan fingerprint density at radius 2 is 2.20 bits per heavy atom. The SMILES string of the molecule is Cc1nc2sc(C(=O)NCC3CC3)c(-c3cnn(C)c3)c2c(C)c1Cl. The zero-order valence-electron chi connectivity index (χ0n) is 14.4. The van der Waals surface area contributed by atoms with E-state index in [-0.39, 0.29) is 5.91 Å². The fourth-order valence-electron chi connectivity index (χ4n) is 3.05. The topological polar surface area (TPSA) is 59.8 Å². The molecule has 0 bridgehead atoms. The molecule has 1 fully saturated rings. The first-order valence-corrected chi connectivity index (χ1v) is 9.51. The smallest absolute Gasteiger partial charge is 0.262 e. The number of aryl methyl sites for hydroxylation is 3. The van der Waals surface area contributed by atoms with Crippen molar-refractivity contribution in [2.24, 2.45) is 13.0 Å². The number of pyridine rings is 1. The highest BCUT2D eigenvalue weighted by Crippen LogP contribution is 2.42. The number of carbonyl (C=O) groups is 1. The van der Waals surface area contributed by atoms with Crippen LogP contribution in [0.4, 0.5) is 0 Å². The van der Waals surface area contributed by atoms with E-state index in [9.17, 15) is 4.79 Å². The van der Waals surface area contributed by atoms with E-state index in [4.69, 9.17) is 11.6 Å². The summed E-state index contributed by atoms with van der Waals surface area (Å²) in [6.45, 7) is 4.62. The molecule has 1 saturated carbocycles. The summed E-state index contributed by atoms with van der Waals surface area (Å²) in [5, 5.41) is 8.94. The van der Waals surface area contributed by atoms with Crippen molar-refractivity contribution >= 4 is 39.1 Å². The first-order valence-electron chi connectivity index (χ1n) is 8.32. The number of fused-ring (bicyclic) bond motifs is 1. The highest BCUT2D eigenvalue weighted by Gasteiger charge is 2.26. The van der Waals surface area contributed by atoms with E-state index in [1.54, 1.807) is 10.9 Å². The summed E-state index contributed by atoms with van der Waals surface area (Å²) >= 11 is 7.87. The van der Waals surface area contributed by atoms with Crippen LogP contribution in [0.2, 0.25) is 5.02 Å². The van der Waals surface area contributed by atoms with Gasteiger partial charge in [0.15, 0.2) is 0 Å². The van der Waals surface area contributed by atoms with Crippen LogP contribution in [-0.4, -0.2) is 27.2 Å². The van der Waals surface area contributed by atoms with Gasteiger partial charge < -0.3 is 5.32 Å². The predicted octanol–water partition coefficient (Wildman–Crippen LogP) is 4.11. The number of thiophene rings is 1. The van der Waals surface area contributed by atoms with Crippen LogP contribution in [0.5, 0.6) is 0 Å². The summed E-state index contributed by atoms with van der Waals surface area (Å²) in [5.41, 5.74) is 3.54. The normalized spacial score (nSPS) is 14.2. The molecule has 0 aromatic carbocycles. The van der Waals surface area contributed by atoms with Crippen LogP contribution < -0.4 is 5.32 Å². The number of carbonyl (C=O) groups excluding carboxylic acids is 1. The van der Waals surface area contributed by atoms with Crippen molar-refractivity contribution < 1.29 is 4.79 Å². The third kappa shape index (κ3) is 2.93. The highest BCUT2D eigenvalue weighted by atomic mass is 35.5. The van der Waals surface area contributed by atoms with Crippen LogP contribution in [0.15, 0.2) is 12.4 Å². The number of nitrogens with one attached hydrogen (secondary N) is 1. The maximum absolute atomic E-state index is 12.8. The van der Waals surface area contributed by atoms with Gasteiger partial charge in [0, 0.05) is 36.3 Å². The highest BCUT2D eigenvalue weighted by molar-refractivity contribution is 7.21. The summed E-state index contributed by atoms with van der Waals surface area (Å²) in [7, 11) is 1.87. The van der Waals surface area contributed by atoms with E-state index in [1.807, 2.05) is 27.1 Å². The lowest BCUT2D eigenvalue weighted by Crippen LogP contribution is -2.25. The number of amides is 1. The number of hydrogen-bond acceptors (Lipinski definition) is 4. The minimum Gasteiger partial charge on any atom is -0.351 e. The monoisotopic (exact) mass is 374 g/mol. The standard InChI is InChI=1S/C18H19ClN4OS/c1-9-13-14(12-7-21-23(3)8-12)16(17(24)20-6-11-4-5-11)25-18(13)22-10(2)15(9)19/h7-8,11H,4-6H2,1-3H3,(H,20,24). The third-order valence-electron chi connectivity index (χ3n) is 4.63. The summed E-state index contributed by atoms with van der Waals surface area (Å²) in [4.78, 5) is 19.0. The summed E-state index contributed by atoms with van der Waals surface area (Å²) < 4.78 is 1.74. The van der Waals surface area contributed by atoms with Gasteiger partial charge in [-0.2, -0.15) is 5.10 Å². The van der Waals surface area contributed by atoms with Crippen molar-refractivity contribution in [2.45, 2.75) is 26.7 Å². The third-order valence-corrected chi connectivity index (χ3v) is 6.27. The molecular formula is C18H19ClN4OS. The number of aromatic nitrogens is 3. The van der Waals surface area contributed by atoms with Crippen LogP contribution in [0.1, 0.15) is 33.8 Å². The van der Waals surface area contributed by atoms with Crippen molar-refractivity contribution in [3.63, 3.8) is 0 Å². The molecule has 3 aromatic rings. The molecule has 0 atom stereocenters. The van der Waals surface area contributed by atoms with Crippen LogP contribution in [-0.2, 0) is 7.05 Å². The Morgan fingerprint density at radius 1 is 1.44 bits per heavy atom. The van der Waals surface area contributed by atoms with Gasteiger partial charge in [0.05, 0.1) is 16.9 Å². The zero-order valence-corrected chi connectivity index (χ0v) is 16.0. The second kappa shape index (κ2) is 6.11. The molecule has 5 nitrogen and oxygen atoms in total. The van der Waals surface area contributed by atoms with E-state index in [2.05, 4.69) is 15.4 Å².